The molecule has 0 radical (unpaired) electrons. The molecule has 19 heavy (non-hydrogen) atoms. The lowest BCUT2D eigenvalue weighted by Gasteiger charge is -2.14. The van der Waals surface area contributed by atoms with Gasteiger partial charge in [0.05, 0.1) is 0 Å². The zero-order valence-electron chi connectivity index (χ0n) is 10.7. The summed E-state index contributed by atoms with van der Waals surface area (Å²) in [5, 5.41) is 3.83. The van der Waals surface area contributed by atoms with E-state index in [0.29, 0.717) is 23.0 Å². The van der Waals surface area contributed by atoms with Gasteiger partial charge in [0.25, 0.3) is 0 Å². The quantitative estimate of drug-likeness (QED) is 0.846. The first-order valence-electron chi connectivity index (χ1n) is 6.59. The molecular formula is C14H18ClF2NO. The average Bonchev–Trinajstić information content (AvgIpc) is 2.85. The minimum Gasteiger partial charge on any atom is -0.434 e. The van der Waals surface area contributed by atoms with Crippen LogP contribution in [0.3, 0.4) is 0 Å². The van der Waals surface area contributed by atoms with E-state index >= 15 is 0 Å². The van der Waals surface area contributed by atoms with Crippen LogP contribution in [-0.2, 0) is 6.54 Å². The van der Waals surface area contributed by atoms with Crippen LogP contribution < -0.4 is 10.1 Å². The molecule has 0 heterocycles. The summed E-state index contributed by atoms with van der Waals surface area (Å²) in [6, 6.07) is 4.71. The van der Waals surface area contributed by atoms with Crippen molar-refractivity contribution in [1.82, 2.24) is 5.32 Å². The van der Waals surface area contributed by atoms with Crippen molar-refractivity contribution in [2.24, 2.45) is 5.92 Å². The third-order valence-corrected chi connectivity index (χ3v) is 3.70. The molecule has 0 atom stereocenters. The maximum atomic E-state index is 12.3. The van der Waals surface area contributed by atoms with E-state index in [9.17, 15) is 8.78 Å². The SMILES string of the molecule is FC(F)Oc1ccc(Cl)cc1CNCC1CCCC1. The van der Waals surface area contributed by atoms with Gasteiger partial charge in [-0.25, -0.2) is 0 Å². The summed E-state index contributed by atoms with van der Waals surface area (Å²) in [5.74, 6) is 0.900. The largest absolute Gasteiger partial charge is 0.434 e. The van der Waals surface area contributed by atoms with Crippen molar-refractivity contribution < 1.29 is 13.5 Å². The molecule has 106 valence electrons. The summed E-state index contributed by atoms with van der Waals surface area (Å²) < 4.78 is 29.1. The Hall–Kier alpha value is -0.870. The Morgan fingerprint density at radius 1 is 1.32 bits per heavy atom. The van der Waals surface area contributed by atoms with Crippen LogP contribution >= 0.6 is 11.6 Å². The molecule has 0 amide bonds. The molecule has 1 N–H and O–H groups in total. The zero-order valence-corrected chi connectivity index (χ0v) is 11.4. The minimum absolute atomic E-state index is 0.193. The van der Waals surface area contributed by atoms with Crippen LogP contribution in [0.15, 0.2) is 18.2 Å². The Morgan fingerprint density at radius 2 is 2.05 bits per heavy atom. The van der Waals surface area contributed by atoms with E-state index in [2.05, 4.69) is 10.1 Å². The van der Waals surface area contributed by atoms with Gasteiger partial charge in [-0.2, -0.15) is 8.78 Å². The molecule has 0 bridgehead atoms. The van der Waals surface area contributed by atoms with E-state index in [-0.39, 0.29) is 5.75 Å². The summed E-state index contributed by atoms with van der Waals surface area (Å²) in [5.41, 5.74) is 0.672. The van der Waals surface area contributed by atoms with Crippen molar-refractivity contribution in [1.29, 1.82) is 0 Å². The Balaban J connectivity index is 1.91. The van der Waals surface area contributed by atoms with Crippen LogP contribution in [0.25, 0.3) is 0 Å². The summed E-state index contributed by atoms with van der Waals surface area (Å²) in [4.78, 5) is 0. The van der Waals surface area contributed by atoms with Crippen LogP contribution in [0.4, 0.5) is 8.78 Å². The maximum absolute atomic E-state index is 12.3. The van der Waals surface area contributed by atoms with E-state index in [1.807, 2.05) is 0 Å². The predicted molar refractivity (Wildman–Crippen MR) is 71.7 cm³/mol. The second kappa shape index (κ2) is 7.06. The Labute approximate surface area is 117 Å². The lowest BCUT2D eigenvalue weighted by Crippen LogP contribution is -2.21. The standard InChI is InChI=1S/C14H18ClF2NO/c15-12-5-6-13(19-14(16)17)11(7-12)9-18-8-10-3-1-2-4-10/h5-7,10,14,18H,1-4,8-9H2. The van der Waals surface area contributed by atoms with Crippen molar-refractivity contribution in [3.8, 4) is 5.75 Å². The highest BCUT2D eigenvalue weighted by atomic mass is 35.5. The summed E-state index contributed by atoms with van der Waals surface area (Å²) in [6.45, 7) is -1.39. The Morgan fingerprint density at radius 3 is 2.74 bits per heavy atom. The number of hydrogen-bond donors (Lipinski definition) is 1. The van der Waals surface area contributed by atoms with Crippen LogP contribution in [0, 0.1) is 5.92 Å². The third-order valence-electron chi connectivity index (χ3n) is 3.46. The van der Waals surface area contributed by atoms with Crippen LogP contribution in [0.1, 0.15) is 31.2 Å². The summed E-state index contributed by atoms with van der Waals surface area (Å²) >= 11 is 5.89. The fourth-order valence-electron chi connectivity index (χ4n) is 2.52. The molecule has 1 fully saturated rings. The van der Waals surface area contributed by atoms with Crippen LogP contribution in [0.2, 0.25) is 5.02 Å². The molecular weight excluding hydrogens is 272 g/mol. The highest BCUT2D eigenvalue weighted by Gasteiger charge is 2.15. The van der Waals surface area contributed by atoms with Gasteiger partial charge in [0, 0.05) is 17.1 Å². The molecule has 0 spiro atoms. The molecule has 2 nitrogen and oxygen atoms in total. The molecule has 1 saturated carbocycles. The van der Waals surface area contributed by atoms with Gasteiger partial charge in [0.1, 0.15) is 5.75 Å². The predicted octanol–water partition coefficient (Wildman–Crippen LogP) is 4.22. The topological polar surface area (TPSA) is 21.3 Å². The third kappa shape index (κ3) is 4.62. The van der Waals surface area contributed by atoms with Crippen molar-refractivity contribution in [3.63, 3.8) is 0 Å². The second-order valence-electron chi connectivity index (χ2n) is 4.91. The Kier molecular flexibility index (Phi) is 5.40. The van der Waals surface area contributed by atoms with Crippen LogP contribution in [0.5, 0.6) is 5.75 Å². The van der Waals surface area contributed by atoms with Crippen molar-refractivity contribution in [3.05, 3.63) is 28.8 Å². The molecule has 1 aliphatic carbocycles. The smallest absolute Gasteiger partial charge is 0.387 e. The molecule has 5 heteroatoms. The number of ether oxygens (including phenoxy) is 1. The average molecular weight is 290 g/mol. The molecule has 2 rings (SSSR count). The number of halogens is 3. The van der Waals surface area contributed by atoms with Gasteiger partial charge in [0.15, 0.2) is 0 Å². The van der Waals surface area contributed by atoms with E-state index in [4.69, 9.17) is 11.6 Å². The molecule has 1 aromatic carbocycles. The minimum atomic E-state index is -2.81. The van der Waals surface area contributed by atoms with Gasteiger partial charge in [-0.1, -0.05) is 24.4 Å². The van der Waals surface area contributed by atoms with Gasteiger partial charge in [0.2, 0.25) is 0 Å². The van der Waals surface area contributed by atoms with E-state index in [0.717, 1.165) is 6.54 Å². The van der Waals surface area contributed by atoms with Gasteiger partial charge < -0.3 is 10.1 Å². The lowest BCUT2D eigenvalue weighted by atomic mass is 10.1. The summed E-state index contributed by atoms with van der Waals surface area (Å²) in [6.07, 6.45) is 5.10. The number of hydrogen-bond acceptors (Lipinski definition) is 2. The van der Waals surface area contributed by atoms with Gasteiger partial charge >= 0.3 is 6.61 Å². The first-order valence-corrected chi connectivity index (χ1v) is 6.97. The highest BCUT2D eigenvalue weighted by Crippen LogP contribution is 2.26. The second-order valence-corrected chi connectivity index (χ2v) is 5.35. The van der Waals surface area contributed by atoms with Gasteiger partial charge in [-0.05, 0) is 43.5 Å². The fourth-order valence-corrected chi connectivity index (χ4v) is 2.72. The van der Waals surface area contributed by atoms with Crippen molar-refractivity contribution in [2.45, 2.75) is 38.8 Å². The van der Waals surface area contributed by atoms with Crippen molar-refractivity contribution >= 4 is 11.6 Å². The van der Waals surface area contributed by atoms with Gasteiger partial charge in [-0.15, -0.1) is 0 Å². The highest BCUT2D eigenvalue weighted by molar-refractivity contribution is 6.30. The molecule has 1 aromatic rings. The molecule has 0 unspecified atom stereocenters. The number of nitrogens with one attached hydrogen (secondary N) is 1. The lowest BCUT2D eigenvalue weighted by molar-refractivity contribution is -0.0505. The number of alkyl halides is 2. The van der Waals surface area contributed by atoms with Gasteiger partial charge in [-0.3, -0.25) is 0 Å². The van der Waals surface area contributed by atoms with E-state index in [1.165, 1.54) is 31.7 Å². The monoisotopic (exact) mass is 289 g/mol. The first-order chi connectivity index (χ1) is 9.15. The number of rotatable bonds is 6. The van der Waals surface area contributed by atoms with E-state index < -0.39 is 6.61 Å². The zero-order chi connectivity index (χ0) is 13.7. The number of benzene rings is 1. The maximum Gasteiger partial charge on any atom is 0.387 e. The normalized spacial score (nSPS) is 16.2. The molecule has 1 aliphatic rings. The van der Waals surface area contributed by atoms with E-state index in [1.54, 1.807) is 12.1 Å². The molecule has 0 saturated heterocycles. The fraction of sp³-hybridized carbons (Fsp3) is 0.571. The van der Waals surface area contributed by atoms with Crippen molar-refractivity contribution in [2.75, 3.05) is 6.54 Å². The Bertz CT molecular complexity index is 408. The molecule has 0 aromatic heterocycles. The van der Waals surface area contributed by atoms with Crippen LogP contribution in [-0.4, -0.2) is 13.2 Å². The first kappa shape index (κ1) is 14.5. The summed E-state index contributed by atoms with van der Waals surface area (Å²) in [7, 11) is 0. The molecule has 0 aliphatic heterocycles.